The van der Waals surface area contributed by atoms with Crippen molar-refractivity contribution in [3.63, 3.8) is 0 Å². The number of morpholine rings is 1. The molecule has 2 aliphatic heterocycles. The number of aromatic nitrogens is 2. The molecule has 8 nitrogen and oxygen atoms in total. The van der Waals surface area contributed by atoms with Gasteiger partial charge < -0.3 is 25.1 Å². The molecular formula is C27H30FN5O3. The van der Waals surface area contributed by atoms with Gasteiger partial charge in [0.05, 0.1) is 42.4 Å². The van der Waals surface area contributed by atoms with Gasteiger partial charge in [-0.25, -0.2) is 4.39 Å². The van der Waals surface area contributed by atoms with Crippen LogP contribution in [0.4, 0.5) is 15.8 Å². The molecule has 3 N–H and O–H groups in total. The second-order valence-corrected chi connectivity index (χ2v) is 10.0. The number of anilines is 2. The number of pyridine rings is 1. The average Bonchev–Trinajstić information content (AvgIpc) is 3.56. The first-order valence-corrected chi connectivity index (χ1v) is 12.4. The zero-order chi connectivity index (χ0) is 24.9. The van der Waals surface area contributed by atoms with Crippen LogP contribution in [0.25, 0.3) is 11.3 Å². The number of likely N-dealkylation sites (N-methyl/N-ethyl adjacent to an activating group) is 1. The summed E-state index contributed by atoms with van der Waals surface area (Å²) in [5.41, 5.74) is 4.68. The zero-order valence-electron chi connectivity index (χ0n) is 20.5. The Hall–Kier alpha value is -3.43. The van der Waals surface area contributed by atoms with Gasteiger partial charge in [-0.1, -0.05) is 6.07 Å². The molecule has 36 heavy (non-hydrogen) atoms. The number of aromatic amines is 1. The van der Waals surface area contributed by atoms with E-state index in [1.165, 1.54) is 6.07 Å². The number of hydrogen-bond acceptors (Lipinski definition) is 6. The third-order valence-corrected chi connectivity index (χ3v) is 7.73. The highest BCUT2D eigenvalue weighted by Crippen LogP contribution is 2.54. The summed E-state index contributed by atoms with van der Waals surface area (Å²) in [5.74, 6) is 0.166. The highest BCUT2D eigenvalue weighted by Gasteiger charge is 2.51. The number of H-pyrrole nitrogens is 1. The minimum atomic E-state index is -0.305. The van der Waals surface area contributed by atoms with Crippen LogP contribution in [0.1, 0.15) is 34.5 Å². The molecule has 3 aromatic rings. The van der Waals surface area contributed by atoms with Crippen LogP contribution >= 0.6 is 0 Å². The topological polar surface area (TPSA) is 91.5 Å². The molecule has 1 atom stereocenters. The number of amides is 1. The van der Waals surface area contributed by atoms with E-state index in [2.05, 4.69) is 32.5 Å². The summed E-state index contributed by atoms with van der Waals surface area (Å²) in [6, 6.07) is 6.93. The molecule has 0 bridgehead atoms. The number of hydrogen-bond donors (Lipinski definition) is 3. The first-order valence-electron chi connectivity index (χ1n) is 12.4. The Labute approximate surface area is 209 Å². The molecule has 2 fully saturated rings. The van der Waals surface area contributed by atoms with E-state index in [0.29, 0.717) is 48.0 Å². The largest absolute Gasteiger partial charge is 0.490 e. The third kappa shape index (κ3) is 3.92. The Bertz CT molecular complexity index is 1320. The van der Waals surface area contributed by atoms with Gasteiger partial charge in [-0.3, -0.25) is 14.7 Å². The van der Waals surface area contributed by atoms with E-state index in [-0.39, 0.29) is 23.2 Å². The van der Waals surface area contributed by atoms with Gasteiger partial charge in [0.2, 0.25) is 0 Å². The van der Waals surface area contributed by atoms with E-state index < -0.39 is 0 Å². The second kappa shape index (κ2) is 8.90. The number of halogens is 1. The molecular weight excluding hydrogens is 461 g/mol. The van der Waals surface area contributed by atoms with Gasteiger partial charge >= 0.3 is 0 Å². The second-order valence-electron chi connectivity index (χ2n) is 10.0. The van der Waals surface area contributed by atoms with Crippen LogP contribution < -0.4 is 15.4 Å². The fourth-order valence-electron chi connectivity index (χ4n) is 5.13. The minimum absolute atomic E-state index is 0.0783. The molecule has 1 spiro atoms. The van der Waals surface area contributed by atoms with Gasteiger partial charge in [0.25, 0.3) is 5.91 Å². The molecule has 6 rings (SSSR count). The van der Waals surface area contributed by atoms with Crippen LogP contribution in [0.2, 0.25) is 0 Å². The average molecular weight is 492 g/mol. The maximum atomic E-state index is 14.4. The number of carbonyl (C=O) groups is 1. The molecule has 1 aliphatic carbocycles. The molecule has 9 heteroatoms. The van der Waals surface area contributed by atoms with Crippen molar-refractivity contribution in [2.75, 3.05) is 45.3 Å². The Morgan fingerprint density at radius 3 is 3.00 bits per heavy atom. The lowest BCUT2D eigenvalue weighted by Gasteiger charge is -2.32. The van der Waals surface area contributed by atoms with Gasteiger partial charge in [0.15, 0.2) is 0 Å². The predicted octanol–water partition coefficient (Wildman–Crippen LogP) is 3.75. The fraction of sp³-hybridized carbons (Fsp3) is 0.407. The SMILES string of the molecule is Cc1c(F)cccc1Nc1c(-c2ccncc2OC[C@@H]2COCCN2C)[nH]c2c1C(=O)NCC21CC1. The maximum Gasteiger partial charge on any atom is 0.255 e. The smallest absolute Gasteiger partial charge is 0.255 e. The normalized spacial score (nSPS) is 20.6. The van der Waals surface area contributed by atoms with E-state index in [9.17, 15) is 9.18 Å². The summed E-state index contributed by atoms with van der Waals surface area (Å²) in [6.07, 6.45) is 5.42. The van der Waals surface area contributed by atoms with Crippen LogP contribution in [-0.4, -0.2) is 66.8 Å². The monoisotopic (exact) mass is 491 g/mol. The number of fused-ring (bicyclic) bond motifs is 2. The lowest BCUT2D eigenvalue weighted by atomic mass is 9.93. The van der Waals surface area contributed by atoms with Crippen molar-refractivity contribution < 1.29 is 18.7 Å². The highest BCUT2D eigenvalue weighted by atomic mass is 19.1. The van der Waals surface area contributed by atoms with E-state index >= 15 is 0 Å². The van der Waals surface area contributed by atoms with Crippen molar-refractivity contribution in [3.8, 4) is 17.0 Å². The van der Waals surface area contributed by atoms with Crippen LogP contribution in [0.15, 0.2) is 36.7 Å². The number of ether oxygens (including phenoxy) is 2. The molecule has 1 aromatic carbocycles. The molecule has 4 heterocycles. The maximum absolute atomic E-state index is 14.4. The first kappa shape index (κ1) is 23.0. The van der Waals surface area contributed by atoms with Gasteiger partial charge in [0.1, 0.15) is 18.2 Å². The molecule has 188 valence electrons. The molecule has 2 aromatic heterocycles. The van der Waals surface area contributed by atoms with E-state index in [0.717, 1.165) is 42.9 Å². The molecule has 1 saturated carbocycles. The number of nitrogens with one attached hydrogen (secondary N) is 3. The third-order valence-electron chi connectivity index (χ3n) is 7.73. The van der Waals surface area contributed by atoms with Crippen LogP contribution in [0, 0.1) is 12.7 Å². The Balaban J connectivity index is 1.43. The van der Waals surface area contributed by atoms with Crippen molar-refractivity contribution in [2.45, 2.75) is 31.2 Å². The summed E-state index contributed by atoms with van der Waals surface area (Å²) < 4.78 is 26.3. The van der Waals surface area contributed by atoms with E-state index in [1.807, 2.05) is 12.1 Å². The van der Waals surface area contributed by atoms with Gasteiger partial charge in [0, 0.05) is 47.2 Å². The first-order chi connectivity index (χ1) is 17.5. The van der Waals surface area contributed by atoms with E-state index in [1.54, 1.807) is 25.4 Å². The van der Waals surface area contributed by atoms with Gasteiger partial charge in [-0.05, 0) is 45.0 Å². The van der Waals surface area contributed by atoms with Crippen LogP contribution in [0.5, 0.6) is 5.75 Å². The molecule has 0 unspecified atom stereocenters. The lowest BCUT2D eigenvalue weighted by Crippen LogP contribution is -2.46. The number of nitrogens with zero attached hydrogens (tertiary/aromatic N) is 2. The van der Waals surface area contributed by atoms with Crippen molar-refractivity contribution in [2.24, 2.45) is 0 Å². The standard InChI is InChI=1S/C27H30FN5O3/c1-16-19(28)4-3-5-20(16)31-24-22-25(27(7-8-27)15-30-26(22)34)32-23(24)18-6-9-29-12-21(18)36-14-17-13-35-11-10-33(17)2/h3-6,9,12,17,31-32H,7-8,10-11,13-15H2,1-2H3,(H,30,34)/t17-/m0/s1. The minimum Gasteiger partial charge on any atom is -0.490 e. The Kier molecular flexibility index (Phi) is 5.69. The lowest BCUT2D eigenvalue weighted by molar-refractivity contribution is -0.0107. The summed E-state index contributed by atoms with van der Waals surface area (Å²) in [5, 5.41) is 6.45. The molecule has 0 radical (unpaired) electrons. The summed E-state index contributed by atoms with van der Waals surface area (Å²) in [4.78, 5) is 23.3. The molecule has 1 saturated heterocycles. The van der Waals surface area contributed by atoms with E-state index in [4.69, 9.17) is 9.47 Å². The zero-order valence-corrected chi connectivity index (χ0v) is 20.5. The van der Waals surface area contributed by atoms with Crippen molar-refractivity contribution in [1.82, 2.24) is 20.2 Å². The number of benzene rings is 1. The van der Waals surface area contributed by atoms with Gasteiger partial charge in [-0.15, -0.1) is 0 Å². The van der Waals surface area contributed by atoms with Crippen LogP contribution in [-0.2, 0) is 10.2 Å². The summed E-state index contributed by atoms with van der Waals surface area (Å²) >= 11 is 0. The molecule has 1 amide bonds. The van der Waals surface area contributed by atoms with Crippen molar-refractivity contribution in [3.05, 3.63) is 59.3 Å². The quantitative estimate of drug-likeness (QED) is 0.487. The highest BCUT2D eigenvalue weighted by molar-refractivity contribution is 6.07. The number of rotatable bonds is 6. The summed E-state index contributed by atoms with van der Waals surface area (Å²) in [6.45, 7) is 4.98. The van der Waals surface area contributed by atoms with Gasteiger partial charge in [-0.2, -0.15) is 0 Å². The predicted molar refractivity (Wildman–Crippen MR) is 134 cm³/mol. The van der Waals surface area contributed by atoms with Crippen molar-refractivity contribution in [1.29, 1.82) is 0 Å². The van der Waals surface area contributed by atoms with Crippen molar-refractivity contribution >= 4 is 17.3 Å². The Morgan fingerprint density at radius 2 is 2.19 bits per heavy atom. The fourth-order valence-corrected chi connectivity index (χ4v) is 5.13. The number of carbonyl (C=O) groups excluding carboxylic acids is 1. The summed E-state index contributed by atoms with van der Waals surface area (Å²) in [7, 11) is 2.07. The Morgan fingerprint density at radius 1 is 1.33 bits per heavy atom. The van der Waals surface area contributed by atoms with Crippen LogP contribution in [0.3, 0.4) is 0 Å². The molecule has 3 aliphatic rings.